The summed E-state index contributed by atoms with van der Waals surface area (Å²) in [6.07, 6.45) is -0.235. The number of hydrogen-bond donors (Lipinski definition) is 2. The molecule has 0 saturated carbocycles. The van der Waals surface area contributed by atoms with E-state index < -0.39 is 7.12 Å². The van der Waals surface area contributed by atoms with Crippen LogP contribution in [0.4, 0.5) is 0 Å². The van der Waals surface area contributed by atoms with Gasteiger partial charge in [0, 0.05) is 12.0 Å². The summed E-state index contributed by atoms with van der Waals surface area (Å²) in [4.78, 5) is 0. The summed E-state index contributed by atoms with van der Waals surface area (Å²) in [7, 11) is -0.932. The molecule has 1 atom stereocenters. The predicted octanol–water partition coefficient (Wildman–Crippen LogP) is 0.441. The average molecular weight is 319 g/mol. The highest BCUT2D eigenvalue weighted by molar-refractivity contribution is 14.1. The van der Waals surface area contributed by atoms with Crippen LogP contribution in [0.2, 0.25) is 0 Å². The molecule has 0 spiro atoms. The number of nitrogens with two attached hydrogens (primary N) is 1. The summed E-state index contributed by atoms with van der Waals surface area (Å²) < 4.78 is 10.5. The second-order valence-electron chi connectivity index (χ2n) is 3.50. The Labute approximate surface area is 103 Å². The number of rotatable bonds is 2. The normalized spacial score (nSPS) is 19.2. The van der Waals surface area contributed by atoms with Gasteiger partial charge in [-0.15, -0.1) is 0 Å². The van der Waals surface area contributed by atoms with Gasteiger partial charge in [0.15, 0.2) is 23.0 Å². The summed E-state index contributed by atoms with van der Waals surface area (Å²) >= 11 is 1.79. The molecule has 1 aliphatic rings. The zero-order chi connectivity index (χ0) is 11.0. The number of aryl methyl sites for hydroxylation is 1. The maximum absolute atomic E-state index is 9.76. The second kappa shape index (κ2) is 4.29. The average Bonchev–Trinajstić information content (AvgIpc) is 2.58. The smallest absolute Gasteiger partial charge is 0.428 e. The van der Waals surface area contributed by atoms with E-state index in [1.54, 1.807) is 23.0 Å². The fraction of sp³-hybridized carbons (Fsp3) is 0.333. The summed E-state index contributed by atoms with van der Waals surface area (Å²) in [6.45, 7) is 2.33. The Balaban J connectivity index is 2.59. The van der Waals surface area contributed by atoms with Gasteiger partial charge in [0.25, 0.3) is 0 Å². The van der Waals surface area contributed by atoms with E-state index in [2.05, 4.69) is 0 Å². The first-order chi connectivity index (χ1) is 7.19. The summed E-state index contributed by atoms with van der Waals surface area (Å²) in [6, 6.07) is 3.77. The van der Waals surface area contributed by atoms with Gasteiger partial charge in [0.05, 0.1) is 6.10 Å². The molecule has 0 radical (unpaired) electrons. The molecule has 0 fully saturated rings. The number of halogens is 1. The third-order valence-corrected chi connectivity index (χ3v) is 3.10. The van der Waals surface area contributed by atoms with Gasteiger partial charge in [0.2, 0.25) is 0 Å². The molecule has 1 heterocycles. The minimum Gasteiger partial charge on any atom is -0.428 e. The Morgan fingerprint density at radius 1 is 1.67 bits per heavy atom. The molecular weight excluding hydrogens is 308 g/mol. The minimum atomic E-state index is -0.932. The van der Waals surface area contributed by atoms with Crippen LogP contribution in [0.5, 0.6) is 5.75 Å². The van der Waals surface area contributed by atoms with Gasteiger partial charge in [-0.3, -0.25) is 0 Å². The molecule has 1 unspecified atom stereocenters. The molecule has 0 saturated heterocycles. The zero-order valence-corrected chi connectivity index (χ0v) is 10.4. The Morgan fingerprint density at radius 2 is 2.40 bits per heavy atom. The van der Waals surface area contributed by atoms with E-state index in [0.29, 0.717) is 17.8 Å². The summed E-state index contributed by atoms with van der Waals surface area (Å²) in [5.74, 6) is 0.639. The lowest BCUT2D eigenvalue weighted by molar-refractivity contribution is 0.197. The first-order valence-corrected chi connectivity index (χ1v) is 5.52. The highest BCUT2D eigenvalue weighted by atomic mass is 127. The minimum absolute atomic E-state index is 0.235. The Morgan fingerprint density at radius 3 is 3.00 bits per heavy atom. The molecule has 1 aromatic carbocycles. The molecule has 1 aromatic rings. The Hall–Kier alpha value is -0.305. The molecule has 4 nitrogen and oxygen atoms in total. The van der Waals surface area contributed by atoms with Crippen LogP contribution in [0.15, 0.2) is 12.1 Å². The number of hydrogen-bond acceptors (Lipinski definition) is 4. The molecule has 1 aliphatic heterocycles. The van der Waals surface area contributed by atoms with Gasteiger partial charge in [-0.1, -0.05) is 6.07 Å². The van der Waals surface area contributed by atoms with E-state index in [9.17, 15) is 5.02 Å². The van der Waals surface area contributed by atoms with Crippen molar-refractivity contribution in [2.45, 2.75) is 13.0 Å². The Bertz CT molecular complexity index is 388. The van der Waals surface area contributed by atoms with Gasteiger partial charge in [0.1, 0.15) is 5.75 Å². The second-order valence-corrected chi connectivity index (χ2v) is 3.94. The van der Waals surface area contributed by atoms with Crippen molar-refractivity contribution in [2.24, 2.45) is 5.73 Å². The monoisotopic (exact) mass is 319 g/mol. The molecule has 0 amide bonds. The number of benzene rings is 1. The molecular formula is C9H11BINO3. The van der Waals surface area contributed by atoms with E-state index in [-0.39, 0.29) is 6.10 Å². The van der Waals surface area contributed by atoms with E-state index in [4.69, 9.17) is 13.5 Å². The third-order valence-electron chi connectivity index (χ3n) is 2.62. The molecule has 0 aromatic heterocycles. The van der Waals surface area contributed by atoms with Crippen LogP contribution in [-0.4, -0.2) is 18.7 Å². The van der Waals surface area contributed by atoms with Crippen molar-refractivity contribution in [3.05, 3.63) is 23.3 Å². The third kappa shape index (κ3) is 1.75. The SMILES string of the molecule is Cc1ccc(OI)c2c1C(CN)OB2O. The van der Waals surface area contributed by atoms with Crippen LogP contribution in [-0.2, 0) is 4.65 Å². The zero-order valence-electron chi connectivity index (χ0n) is 8.24. The molecule has 6 heteroatoms. The molecule has 2 rings (SSSR count). The van der Waals surface area contributed by atoms with Crippen molar-refractivity contribution in [3.8, 4) is 5.75 Å². The lowest BCUT2D eigenvalue weighted by Gasteiger charge is -2.12. The van der Waals surface area contributed by atoms with Crippen molar-refractivity contribution < 1.29 is 12.7 Å². The first-order valence-electron chi connectivity index (χ1n) is 4.64. The lowest BCUT2D eigenvalue weighted by atomic mass is 9.77. The van der Waals surface area contributed by atoms with E-state index in [1.165, 1.54) is 0 Å². The standard InChI is InChI=1S/C9H11BINO3/c1-5-2-3-6(15-11)9-8(5)7(4-12)14-10(9)13/h2-3,7,13H,4,12H2,1H3. The van der Waals surface area contributed by atoms with Gasteiger partial charge in [-0.2, -0.15) is 0 Å². The molecule has 15 heavy (non-hydrogen) atoms. The maximum Gasteiger partial charge on any atom is 0.495 e. The maximum atomic E-state index is 9.76. The van der Waals surface area contributed by atoms with Crippen LogP contribution in [0, 0.1) is 6.92 Å². The van der Waals surface area contributed by atoms with E-state index in [0.717, 1.165) is 11.1 Å². The van der Waals surface area contributed by atoms with Crippen molar-refractivity contribution in [1.29, 1.82) is 0 Å². The summed E-state index contributed by atoms with van der Waals surface area (Å²) in [5.41, 5.74) is 8.32. The van der Waals surface area contributed by atoms with Crippen LogP contribution < -0.4 is 14.3 Å². The van der Waals surface area contributed by atoms with Crippen molar-refractivity contribution in [2.75, 3.05) is 6.54 Å². The van der Waals surface area contributed by atoms with E-state index >= 15 is 0 Å². The first kappa shape index (κ1) is 11.2. The van der Waals surface area contributed by atoms with Gasteiger partial charge < -0.3 is 18.5 Å². The quantitative estimate of drug-likeness (QED) is 0.613. The summed E-state index contributed by atoms with van der Waals surface area (Å²) in [5, 5.41) is 9.76. The largest absolute Gasteiger partial charge is 0.495 e. The molecule has 3 N–H and O–H groups in total. The highest BCUT2D eigenvalue weighted by Gasteiger charge is 2.38. The fourth-order valence-electron chi connectivity index (χ4n) is 1.94. The van der Waals surface area contributed by atoms with Crippen LogP contribution in [0.1, 0.15) is 17.2 Å². The van der Waals surface area contributed by atoms with E-state index in [1.807, 2.05) is 19.1 Å². The topological polar surface area (TPSA) is 64.7 Å². The van der Waals surface area contributed by atoms with Gasteiger partial charge in [-0.25, -0.2) is 0 Å². The van der Waals surface area contributed by atoms with Gasteiger partial charge >= 0.3 is 7.12 Å². The van der Waals surface area contributed by atoms with Crippen molar-refractivity contribution in [3.63, 3.8) is 0 Å². The Kier molecular flexibility index (Phi) is 3.20. The molecule has 0 aliphatic carbocycles. The van der Waals surface area contributed by atoms with Crippen molar-refractivity contribution in [1.82, 2.24) is 0 Å². The fourth-order valence-corrected chi connectivity index (χ4v) is 2.32. The highest BCUT2D eigenvalue weighted by Crippen LogP contribution is 2.30. The predicted molar refractivity (Wildman–Crippen MR) is 66.3 cm³/mol. The van der Waals surface area contributed by atoms with Crippen LogP contribution in [0.3, 0.4) is 0 Å². The van der Waals surface area contributed by atoms with Crippen LogP contribution in [0.25, 0.3) is 0 Å². The molecule has 0 bridgehead atoms. The van der Waals surface area contributed by atoms with Crippen LogP contribution >= 0.6 is 23.0 Å². The number of fused-ring (bicyclic) bond motifs is 1. The van der Waals surface area contributed by atoms with Gasteiger partial charge in [-0.05, 0) is 24.1 Å². The lowest BCUT2D eigenvalue weighted by Crippen LogP contribution is -2.29. The molecule has 80 valence electrons. The van der Waals surface area contributed by atoms with Crippen molar-refractivity contribution >= 4 is 35.6 Å².